The molecule has 31 heavy (non-hydrogen) atoms. The molecule has 4 aromatic rings. The van der Waals surface area contributed by atoms with E-state index in [1.165, 1.54) is 0 Å². The summed E-state index contributed by atoms with van der Waals surface area (Å²) in [6, 6.07) is 13.8. The molecule has 1 N–H and O–H groups in total. The molecule has 160 valence electrons. The molecule has 4 rings (SSSR count). The van der Waals surface area contributed by atoms with Crippen molar-refractivity contribution in [1.82, 2.24) is 29.9 Å². The van der Waals surface area contributed by atoms with E-state index in [2.05, 4.69) is 39.0 Å². The Morgan fingerprint density at radius 3 is 2.61 bits per heavy atom. The molecule has 0 aliphatic rings. The number of benzene rings is 1. The number of aromatic nitrogens is 5. The maximum absolute atomic E-state index is 5.87. The van der Waals surface area contributed by atoms with Gasteiger partial charge >= 0.3 is 0 Å². The van der Waals surface area contributed by atoms with Crippen LogP contribution in [0.2, 0.25) is 0 Å². The molecule has 0 aliphatic carbocycles. The number of aryl methyl sites for hydroxylation is 1. The fourth-order valence-corrected chi connectivity index (χ4v) is 3.22. The SMILES string of the molecule is Cc1ccc(/C=C/c2nc(=S)n(CN(Cc3nnc(-c4ccccc4)o3)C(C)C)[nH]2)o1. The molecular formula is C22H24N6O2S. The Bertz CT molecular complexity index is 1220. The number of hydrogen-bond acceptors (Lipinski definition) is 7. The summed E-state index contributed by atoms with van der Waals surface area (Å²) < 4.78 is 13.7. The van der Waals surface area contributed by atoms with Gasteiger partial charge in [-0.05, 0) is 69.4 Å². The third kappa shape index (κ3) is 5.25. The van der Waals surface area contributed by atoms with Crippen LogP contribution in [0.25, 0.3) is 23.6 Å². The smallest absolute Gasteiger partial charge is 0.247 e. The second-order valence-electron chi connectivity index (χ2n) is 7.45. The quantitative estimate of drug-likeness (QED) is 0.392. The van der Waals surface area contributed by atoms with Crippen LogP contribution < -0.4 is 0 Å². The predicted octanol–water partition coefficient (Wildman–Crippen LogP) is 4.93. The summed E-state index contributed by atoms with van der Waals surface area (Å²) in [5.74, 6) is 3.35. The third-order valence-electron chi connectivity index (χ3n) is 4.74. The van der Waals surface area contributed by atoms with Gasteiger partial charge in [-0.25, -0.2) is 4.68 Å². The van der Waals surface area contributed by atoms with Crippen molar-refractivity contribution >= 4 is 24.4 Å². The lowest BCUT2D eigenvalue weighted by atomic mass is 10.2. The number of nitrogens with one attached hydrogen (secondary N) is 1. The lowest BCUT2D eigenvalue weighted by Crippen LogP contribution is -2.33. The Labute approximate surface area is 185 Å². The fourth-order valence-electron chi connectivity index (χ4n) is 3.02. The fraction of sp³-hybridized carbons (Fsp3) is 0.273. The first-order valence-corrected chi connectivity index (χ1v) is 10.4. The molecule has 3 heterocycles. The van der Waals surface area contributed by atoms with Gasteiger partial charge in [0, 0.05) is 11.6 Å². The molecule has 8 nitrogen and oxygen atoms in total. The van der Waals surface area contributed by atoms with Crippen molar-refractivity contribution in [3.05, 3.63) is 70.5 Å². The molecule has 0 saturated heterocycles. The molecule has 0 saturated carbocycles. The van der Waals surface area contributed by atoms with Gasteiger partial charge in [0.2, 0.25) is 16.6 Å². The molecule has 0 radical (unpaired) electrons. The minimum absolute atomic E-state index is 0.224. The van der Waals surface area contributed by atoms with Crippen molar-refractivity contribution in [3.8, 4) is 11.5 Å². The van der Waals surface area contributed by atoms with Crippen LogP contribution in [0.3, 0.4) is 0 Å². The Hall–Kier alpha value is -3.30. The van der Waals surface area contributed by atoms with E-state index in [1.807, 2.05) is 66.2 Å². The second-order valence-corrected chi connectivity index (χ2v) is 7.82. The van der Waals surface area contributed by atoms with Gasteiger partial charge in [0.25, 0.3) is 0 Å². The first-order valence-electron chi connectivity index (χ1n) is 10.0. The van der Waals surface area contributed by atoms with Gasteiger partial charge in [0.15, 0.2) is 0 Å². The zero-order chi connectivity index (χ0) is 21.8. The summed E-state index contributed by atoms with van der Waals surface area (Å²) in [6.07, 6.45) is 3.70. The highest BCUT2D eigenvalue weighted by molar-refractivity contribution is 7.71. The number of H-pyrrole nitrogens is 1. The molecule has 3 aromatic heterocycles. The van der Waals surface area contributed by atoms with Gasteiger partial charge in [-0.15, -0.1) is 10.2 Å². The Balaban J connectivity index is 1.46. The second kappa shape index (κ2) is 9.23. The van der Waals surface area contributed by atoms with Crippen molar-refractivity contribution in [3.63, 3.8) is 0 Å². The molecule has 0 fully saturated rings. The molecule has 0 atom stereocenters. The summed E-state index contributed by atoms with van der Waals surface area (Å²) in [6.45, 7) is 7.13. The molecule has 0 spiro atoms. The van der Waals surface area contributed by atoms with E-state index in [-0.39, 0.29) is 6.04 Å². The van der Waals surface area contributed by atoms with Crippen LogP contribution in [0.15, 0.2) is 51.3 Å². The van der Waals surface area contributed by atoms with Crippen LogP contribution in [0, 0.1) is 11.7 Å². The number of nitrogens with zero attached hydrogens (tertiary/aromatic N) is 5. The maximum atomic E-state index is 5.87. The van der Waals surface area contributed by atoms with Gasteiger partial charge in [0.1, 0.15) is 17.3 Å². The highest BCUT2D eigenvalue weighted by Crippen LogP contribution is 2.18. The monoisotopic (exact) mass is 436 g/mol. The summed E-state index contributed by atoms with van der Waals surface area (Å²) in [5.41, 5.74) is 0.899. The highest BCUT2D eigenvalue weighted by Gasteiger charge is 2.17. The molecule has 9 heteroatoms. The van der Waals surface area contributed by atoms with E-state index in [4.69, 9.17) is 21.1 Å². The van der Waals surface area contributed by atoms with Crippen LogP contribution in [0.1, 0.15) is 37.1 Å². The topological polar surface area (TPSA) is 88.9 Å². The zero-order valence-electron chi connectivity index (χ0n) is 17.6. The van der Waals surface area contributed by atoms with Crippen LogP contribution in [0.5, 0.6) is 0 Å². The van der Waals surface area contributed by atoms with Crippen LogP contribution in [-0.4, -0.2) is 35.9 Å². The summed E-state index contributed by atoms with van der Waals surface area (Å²) >= 11 is 5.43. The van der Waals surface area contributed by atoms with E-state index in [0.29, 0.717) is 35.6 Å². The summed E-state index contributed by atoms with van der Waals surface area (Å²) in [7, 11) is 0. The van der Waals surface area contributed by atoms with Crippen molar-refractivity contribution in [2.75, 3.05) is 0 Å². The highest BCUT2D eigenvalue weighted by atomic mass is 32.1. The van der Waals surface area contributed by atoms with E-state index < -0.39 is 0 Å². The molecular weight excluding hydrogens is 412 g/mol. The van der Waals surface area contributed by atoms with Gasteiger partial charge < -0.3 is 8.83 Å². The number of rotatable bonds is 8. The average molecular weight is 437 g/mol. The van der Waals surface area contributed by atoms with E-state index in [0.717, 1.165) is 17.1 Å². The van der Waals surface area contributed by atoms with Gasteiger partial charge in [-0.3, -0.25) is 10.00 Å². The van der Waals surface area contributed by atoms with Crippen LogP contribution in [-0.2, 0) is 13.2 Å². The number of aromatic amines is 1. The third-order valence-corrected chi connectivity index (χ3v) is 5.05. The Morgan fingerprint density at radius 1 is 1.10 bits per heavy atom. The summed E-state index contributed by atoms with van der Waals surface area (Å²) in [4.78, 5) is 6.58. The van der Waals surface area contributed by atoms with Crippen LogP contribution >= 0.6 is 12.2 Å². The van der Waals surface area contributed by atoms with Crippen molar-refractivity contribution in [2.24, 2.45) is 0 Å². The predicted molar refractivity (Wildman–Crippen MR) is 120 cm³/mol. The van der Waals surface area contributed by atoms with E-state index in [1.54, 1.807) is 0 Å². The Morgan fingerprint density at radius 2 is 1.90 bits per heavy atom. The summed E-state index contributed by atoms with van der Waals surface area (Å²) in [5, 5.41) is 11.6. The van der Waals surface area contributed by atoms with Crippen molar-refractivity contribution in [2.45, 2.75) is 40.0 Å². The standard InChI is InChI=1S/C22H24N6O2S/c1-15(2)27(13-20-24-25-21(30-20)17-7-5-4-6-8-17)14-28-22(31)23-19(26-28)12-11-18-10-9-16(3)29-18/h4-12,15H,13-14H2,1-3H3,(H,23,26,31)/b12-11+. The molecule has 0 unspecified atom stereocenters. The minimum atomic E-state index is 0.224. The average Bonchev–Trinajstić information content (AvgIpc) is 3.47. The van der Waals surface area contributed by atoms with Gasteiger partial charge in [-0.1, -0.05) is 18.2 Å². The molecule has 1 aromatic carbocycles. The largest absolute Gasteiger partial charge is 0.462 e. The molecule has 0 amide bonds. The van der Waals surface area contributed by atoms with Gasteiger partial charge in [0.05, 0.1) is 13.2 Å². The van der Waals surface area contributed by atoms with Crippen molar-refractivity contribution < 1.29 is 8.83 Å². The first kappa shape index (κ1) is 21.0. The lowest BCUT2D eigenvalue weighted by molar-refractivity contribution is 0.139. The van der Waals surface area contributed by atoms with E-state index in [9.17, 15) is 0 Å². The van der Waals surface area contributed by atoms with Gasteiger partial charge in [-0.2, -0.15) is 4.98 Å². The lowest BCUT2D eigenvalue weighted by Gasteiger charge is -2.24. The zero-order valence-corrected chi connectivity index (χ0v) is 18.5. The first-order chi connectivity index (χ1) is 15.0. The molecule has 0 aliphatic heterocycles. The number of furan rings is 1. The normalized spacial score (nSPS) is 11.9. The molecule has 0 bridgehead atoms. The number of hydrogen-bond donors (Lipinski definition) is 1. The minimum Gasteiger partial charge on any atom is -0.462 e. The van der Waals surface area contributed by atoms with Crippen molar-refractivity contribution in [1.29, 1.82) is 0 Å². The van der Waals surface area contributed by atoms with Crippen LogP contribution in [0.4, 0.5) is 0 Å². The Kier molecular flexibility index (Phi) is 6.24. The van der Waals surface area contributed by atoms with E-state index >= 15 is 0 Å². The maximum Gasteiger partial charge on any atom is 0.247 e.